The molecule has 0 aliphatic heterocycles. The van der Waals surface area contributed by atoms with E-state index in [0.29, 0.717) is 5.82 Å². The lowest BCUT2D eigenvalue weighted by Crippen LogP contribution is -2.28. The Balaban J connectivity index is 1.64. The molecule has 0 bridgehead atoms. The molecule has 1 unspecified atom stereocenters. The van der Waals surface area contributed by atoms with Crippen molar-refractivity contribution in [1.29, 1.82) is 0 Å². The summed E-state index contributed by atoms with van der Waals surface area (Å²) in [6.07, 6.45) is -5.40. The maximum absolute atomic E-state index is 12.9. The molecule has 0 spiro atoms. The predicted molar refractivity (Wildman–Crippen MR) is 99.6 cm³/mol. The van der Waals surface area contributed by atoms with E-state index in [-0.39, 0.29) is 29.0 Å². The summed E-state index contributed by atoms with van der Waals surface area (Å²) in [6.45, 7) is 1.36. The lowest BCUT2D eigenvalue weighted by atomic mass is 10.1. The molecule has 1 atom stereocenters. The summed E-state index contributed by atoms with van der Waals surface area (Å²) >= 11 is 5.67. The molecule has 1 aromatic carbocycles. The third kappa shape index (κ3) is 5.23. The van der Waals surface area contributed by atoms with E-state index in [1.807, 2.05) is 0 Å². The zero-order valence-electron chi connectivity index (χ0n) is 15.7. The molecule has 0 aliphatic carbocycles. The standard InChI is InChI=1S/C18H15ClF3N5O3/c1-10(29-15(28)9-27(2)14-7-6-13(19)24-25-14)17-23-16(26-30-17)11-4-3-5-12(8-11)18(20,21)22/h3-8,10H,9H2,1-2H3. The van der Waals surface area contributed by atoms with Gasteiger partial charge in [0.2, 0.25) is 5.82 Å². The largest absolute Gasteiger partial charge is 0.451 e. The highest BCUT2D eigenvalue weighted by atomic mass is 35.5. The van der Waals surface area contributed by atoms with Crippen LogP contribution in [0, 0.1) is 0 Å². The first-order valence-electron chi connectivity index (χ1n) is 8.54. The van der Waals surface area contributed by atoms with E-state index in [4.69, 9.17) is 20.9 Å². The second-order valence-corrected chi connectivity index (χ2v) is 6.62. The molecule has 0 radical (unpaired) electrons. The Morgan fingerprint density at radius 2 is 2.03 bits per heavy atom. The Hall–Kier alpha value is -3.21. The Labute approximate surface area is 173 Å². The number of hydrogen-bond acceptors (Lipinski definition) is 8. The maximum Gasteiger partial charge on any atom is 0.416 e. The van der Waals surface area contributed by atoms with Crippen molar-refractivity contribution in [2.45, 2.75) is 19.2 Å². The van der Waals surface area contributed by atoms with Gasteiger partial charge in [0.15, 0.2) is 17.1 Å². The van der Waals surface area contributed by atoms with Gasteiger partial charge in [0.25, 0.3) is 5.89 Å². The molecular formula is C18H15ClF3N5O3. The molecule has 0 aliphatic rings. The van der Waals surface area contributed by atoms with Gasteiger partial charge in [0, 0.05) is 12.6 Å². The molecule has 12 heteroatoms. The number of aromatic nitrogens is 4. The lowest BCUT2D eigenvalue weighted by Gasteiger charge is -2.17. The van der Waals surface area contributed by atoms with Crippen LogP contribution < -0.4 is 4.90 Å². The van der Waals surface area contributed by atoms with Crippen LogP contribution in [0.3, 0.4) is 0 Å². The van der Waals surface area contributed by atoms with E-state index in [9.17, 15) is 18.0 Å². The van der Waals surface area contributed by atoms with Gasteiger partial charge in [0.1, 0.15) is 6.54 Å². The number of benzene rings is 1. The van der Waals surface area contributed by atoms with Crippen LogP contribution in [0.15, 0.2) is 40.9 Å². The zero-order chi connectivity index (χ0) is 21.9. The summed E-state index contributed by atoms with van der Waals surface area (Å²) in [5.74, 6) is -0.300. The average molecular weight is 442 g/mol. The quantitative estimate of drug-likeness (QED) is 0.531. The predicted octanol–water partition coefficient (Wildman–Crippen LogP) is 3.94. The summed E-state index contributed by atoms with van der Waals surface area (Å²) in [4.78, 5) is 17.7. The molecule has 2 heterocycles. The van der Waals surface area contributed by atoms with E-state index < -0.39 is 23.8 Å². The Morgan fingerprint density at radius 1 is 1.27 bits per heavy atom. The summed E-state index contributed by atoms with van der Waals surface area (Å²) in [5.41, 5.74) is -0.710. The highest BCUT2D eigenvalue weighted by Crippen LogP contribution is 2.31. The van der Waals surface area contributed by atoms with Crippen molar-refractivity contribution in [3.63, 3.8) is 0 Å². The molecule has 158 valence electrons. The Kier molecular flexibility index (Phi) is 6.20. The van der Waals surface area contributed by atoms with Crippen molar-refractivity contribution in [2.75, 3.05) is 18.5 Å². The van der Waals surface area contributed by atoms with Crippen LogP contribution in [0.1, 0.15) is 24.5 Å². The molecule has 3 rings (SSSR count). The first-order chi connectivity index (χ1) is 14.1. The normalized spacial score (nSPS) is 12.5. The van der Waals surface area contributed by atoms with Crippen molar-refractivity contribution in [3.8, 4) is 11.4 Å². The van der Waals surface area contributed by atoms with Crippen molar-refractivity contribution >= 4 is 23.4 Å². The maximum atomic E-state index is 12.9. The molecule has 0 N–H and O–H groups in total. The number of nitrogens with zero attached hydrogens (tertiary/aromatic N) is 5. The number of anilines is 1. The van der Waals surface area contributed by atoms with E-state index in [1.54, 1.807) is 13.1 Å². The molecule has 0 fully saturated rings. The zero-order valence-corrected chi connectivity index (χ0v) is 16.5. The van der Waals surface area contributed by atoms with Gasteiger partial charge in [-0.15, -0.1) is 10.2 Å². The van der Waals surface area contributed by atoms with Gasteiger partial charge in [-0.05, 0) is 31.2 Å². The fourth-order valence-corrected chi connectivity index (χ4v) is 2.53. The molecule has 8 nitrogen and oxygen atoms in total. The van der Waals surface area contributed by atoms with Gasteiger partial charge in [-0.3, -0.25) is 4.79 Å². The van der Waals surface area contributed by atoms with Crippen LogP contribution in [-0.2, 0) is 15.7 Å². The van der Waals surface area contributed by atoms with Gasteiger partial charge < -0.3 is 14.2 Å². The number of rotatable bonds is 6. The van der Waals surface area contributed by atoms with Crippen LogP contribution in [0.2, 0.25) is 5.15 Å². The molecule has 2 aromatic heterocycles. The molecular weight excluding hydrogens is 427 g/mol. The third-order valence-electron chi connectivity index (χ3n) is 3.92. The highest BCUT2D eigenvalue weighted by molar-refractivity contribution is 6.29. The summed E-state index contributed by atoms with van der Waals surface area (Å²) in [7, 11) is 1.61. The monoisotopic (exact) mass is 441 g/mol. The van der Waals surface area contributed by atoms with Crippen LogP contribution in [0.4, 0.5) is 19.0 Å². The lowest BCUT2D eigenvalue weighted by molar-refractivity contribution is -0.148. The van der Waals surface area contributed by atoms with E-state index >= 15 is 0 Å². The number of carbonyl (C=O) groups is 1. The average Bonchev–Trinajstić information content (AvgIpc) is 3.18. The minimum absolute atomic E-state index is 0.0486. The fourth-order valence-electron chi connectivity index (χ4n) is 2.42. The van der Waals surface area contributed by atoms with Crippen molar-refractivity contribution in [1.82, 2.24) is 20.3 Å². The summed E-state index contributed by atoms with van der Waals surface area (Å²) in [5, 5.41) is 11.4. The second-order valence-electron chi connectivity index (χ2n) is 6.24. The first-order valence-corrected chi connectivity index (χ1v) is 8.92. The van der Waals surface area contributed by atoms with E-state index in [1.165, 1.54) is 30.0 Å². The summed E-state index contributed by atoms with van der Waals surface area (Å²) in [6, 6.07) is 7.63. The van der Waals surface area contributed by atoms with Crippen molar-refractivity contribution in [2.24, 2.45) is 0 Å². The van der Waals surface area contributed by atoms with Crippen molar-refractivity contribution < 1.29 is 27.2 Å². The SMILES string of the molecule is CC(OC(=O)CN(C)c1ccc(Cl)nn1)c1nc(-c2cccc(C(F)(F)F)c2)no1. The highest BCUT2D eigenvalue weighted by Gasteiger charge is 2.31. The van der Waals surface area contributed by atoms with Gasteiger partial charge in [0.05, 0.1) is 5.56 Å². The minimum Gasteiger partial charge on any atom is -0.451 e. The second kappa shape index (κ2) is 8.66. The molecule has 0 saturated carbocycles. The van der Waals surface area contributed by atoms with E-state index in [0.717, 1.165) is 12.1 Å². The molecule has 3 aromatic rings. The third-order valence-corrected chi connectivity index (χ3v) is 4.12. The van der Waals surface area contributed by atoms with Crippen LogP contribution in [0.25, 0.3) is 11.4 Å². The van der Waals surface area contributed by atoms with Gasteiger partial charge in [-0.1, -0.05) is 28.9 Å². The van der Waals surface area contributed by atoms with Gasteiger partial charge in [-0.25, -0.2) is 0 Å². The number of ether oxygens (including phenoxy) is 1. The molecule has 0 saturated heterocycles. The number of carbonyl (C=O) groups excluding carboxylic acids is 1. The Morgan fingerprint density at radius 3 is 2.70 bits per heavy atom. The summed E-state index contributed by atoms with van der Waals surface area (Å²) < 4.78 is 48.9. The van der Waals surface area contributed by atoms with Crippen LogP contribution in [0.5, 0.6) is 0 Å². The number of likely N-dealkylation sites (N-methyl/N-ethyl adjacent to an activating group) is 1. The minimum atomic E-state index is -4.49. The molecule has 30 heavy (non-hydrogen) atoms. The number of halogens is 4. The first kappa shape index (κ1) is 21.5. The van der Waals surface area contributed by atoms with Gasteiger partial charge >= 0.3 is 12.1 Å². The van der Waals surface area contributed by atoms with E-state index in [2.05, 4.69) is 20.3 Å². The van der Waals surface area contributed by atoms with Crippen LogP contribution in [-0.4, -0.2) is 39.9 Å². The molecule has 0 amide bonds. The van der Waals surface area contributed by atoms with Gasteiger partial charge in [-0.2, -0.15) is 18.2 Å². The fraction of sp³-hybridized carbons (Fsp3) is 0.278. The number of hydrogen-bond donors (Lipinski definition) is 0. The topological polar surface area (TPSA) is 94.2 Å². The number of esters is 1. The van der Waals surface area contributed by atoms with Crippen LogP contribution >= 0.6 is 11.6 Å². The van der Waals surface area contributed by atoms with Crippen molar-refractivity contribution in [3.05, 3.63) is 53.0 Å². The Bertz CT molecular complexity index is 1030. The smallest absolute Gasteiger partial charge is 0.416 e. The number of alkyl halides is 3.